The van der Waals surface area contributed by atoms with E-state index in [0.717, 1.165) is 32.2 Å². The van der Waals surface area contributed by atoms with Crippen molar-refractivity contribution < 1.29 is 9.90 Å². The molecule has 3 nitrogen and oxygen atoms in total. The van der Waals surface area contributed by atoms with E-state index in [9.17, 15) is 4.79 Å². The Morgan fingerprint density at radius 1 is 1.55 bits per heavy atom. The molecule has 1 aliphatic carbocycles. The molecule has 62 valence electrons. The van der Waals surface area contributed by atoms with Gasteiger partial charge in [0, 0.05) is 0 Å². The van der Waals surface area contributed by atoms with Crippen LogP contribution in [-0.2, 0) is 4.79 Å². The number of rotatable bonds is 1. The van der Waals surface area contributed by atoms with Crippen LogP contribution in [0.3, 0.4) is 0 Å². The van der Waals surface area contributed by atoms with E-state index in [2.05, 4.69) is 5.32 Å². The number of fused-ring (bicyclic) bond motifs is 1. The van der Waals surface area contributed by atoms with Gasteiger partial charge in [0.15, 0.2) is 0 Å². The van der Waals surface area contributed by atoms with Gasteiger partial charge in [-0.15, -0.1) is 0 Å². The lowest BCUT2D eigenvalue weighted by Gasteiger charge is -2.23. The SMILES string of the molecule is O=C(O)[C@@]12CCC[C@@H]1CCN2. The molecule has 0 aromatic rings. The standard InChI is InChI=1S/C8H13NO2/c10-7(11)8-4-1-2-6(8)3-5-9-8/h6,9H,1-5H2,(H,10,11)/t6-,8-/m1/s1. The van der Waals surface area contributed by atoms with E-state index in [1.54, 1.807) is 0 Å². The van der Waals surface area contributed by atoms with Gasteiger partial charge in [-0.3, -0.25) is 4.79 Å². The van der Waals surface area contributed by atoms with Crippen LogP contribution in [0.15, 0.2) is 0 Å². The largest absolute Gasteiger partial charge is 0.480 e. The molecular weight excluding hydrogens is 142 g/mol. The Morgan fingerprint density at radius 2 is 2.36 bits per heavy atom. The summed E-state index contributed by atoms with van der Waals surface area (Å²) >= 11 is 0. The molecular formula is C8H13NO2. The van der Waals surface area contributed by atoms with Crippen LogP contribution in [0, 0.1) is 5.92 Å². The van der Waals surface area contributed by atoms with Crippen LogP contribution < -0.4 is 5.32 Å². The topological polar surface area (TPSA) is 49.3 Å². The first-order valence-corrected chi connectivity index (χ1v) is 4.24. The van der Waals surface area contributed by atoms with Gasteiger partial charge in [0.1, 0.15) is 5.54 Å². The van der Waals surface area contributed by atoms with Crippen molar-refractivity contribution >= 4 is 5.97 Å². The number of carboxylic acids is 1. The Morgan fingerprint density at radius 3 is 3.00 bits per heavy atom. The van der Waals surface area contributed by atoms with Gasteiger partial charge in [-0.1, -0.05) is 6.42 Å². The summed E-state index contributed by atoms with van der Waals surface area (Å²) in [5.74, 6) is -0.238. The molecule has 1 heterocycles. The number of carbonyl (C=O) groups is 1. The minimum absolute atomic E-state index is 0.403. The minimum Gasteiger partial charge on any atom is -0.480 e. The lowest BCUT2D eigenvalue weighted by molar-refractivity contribution is -0.145. The summed E-state index contributed by atoms with van der Waals surface area (Å²) in [7, 11) is 0. The number of carboxylic acid groups (broad SMARTS) is 1. The highest BCUT2D eigenvalue weighted by Gasteiger charge is 2.51. The van der Waals surface area contributed by atoms with Gasteiger partial charge in [-0.05, 0) is 31.7 Å². The van der Waals surface area contributed by atoms with Gasteiger partial charge in [0.25, 0.3) is 0 Å². The predicted molar refractivity (Wildman–Crippen MR) is 40.3 cm³/mol. The van der Waals surface area contributed by atoms with E-state index in [1.807, 2.05) is 0 Å². The molecule has 1 saturated heterocycles. The summed E-state index contributed by atoms with van der Waals surface area (Å²) in [6, 6.07) is 0. The number of hydrogen-bond acceptors (Lipinski definition) is 2. The molecule has 0 bridgehead atoms. The van der Waals surface area contributed by atoms with Crippen LogP contribution >= 0.6 is 0 Å². The van der Waals surface area contributed by atoms with Crippen molar-refractivity contribution in [1.29, 1.82) is 0 Å². The average Bonchev–Trinajstić information content (AvgIpc) is 2.40. The maximum Gasteiger partial charge on any atom is 0.324 e. The third-order valence-electron chi connectivity index (χ3n) is 3.14. The molecule has 2 rings (SSSR count). The van der Waals surface area contributed by atoms with Crippen molar-refractivity contribution in [3.05, 3.63) is 0 Å². The summed E-state index contributed by atoms with van der Waals surface area (Å²) in [6.07, 6.45) is 4.04. The Hall–Kier alpha value is -0.570. The van der Waals surface area contributed by atoms with Crippen LogP contribution in [-0.4, -0.2) is 23.2 Å². The van der Waals surface area contributed by atoms with E-state index in [4.69, 9.17) is 5.11 Å². The van der Waals surface area contributed by atoms with Gasteiger partial charge >= 0.3 is 5.97 Å². The first-order valence-electron chi connectivity index (χ1n) is 4.24. The number of hydrogen-bond donors (Lipinski definition) is 2. The smallest absolute Gasteiger partial charge is 0.324 e. The van der Waals surface area contributed by atoms with E-state index >= 15 is 0 Å². The van der Waals surface area contributed by atoms with Crippen molar-refractivity contribution in [1.82, 2.24) is 5.32 Å². The zero-order valence-electron chi connectivity index (χ0n) is 6.47. The highest BCUT2D eigenvalue weighted by molar-refractivity contribution is 5.80. The molecule has 0 unspecified atom stereocenters. The van der Waals surface area contributed by atoms with Gasteiger partial charge in [-0.25, -0.2) is 0 Å². The van der Waals surface area contributed by atoms with E-state index in [0.29, 0.717) is 5.92 Å². The van der Waals surface area contributed by atoms with Crippen molar-refractivity contribution in [3.8, 4) is 0 Å². The molecule has 3 heteroatoms. The summed E-state index contributed by atoms with van der Waals surface area (Å²) < 4.78 is 0. The molecule has 2 atom stereocenters. The predicted octanol–water partition coefficient (Wildman–Crippen LogP) is 0.603. The number of nitrogens with one attached hydrogen (secondary N) is 1. The summed E-state index contributed by atoms with van der Waals surface area (Å²) in [4.78, 5) is 10.9. The first-order chi connectivity index (χ1) is 5.26. The van der Waals surface area contributed by atoms with Crippen LogP contribution in [0.1, 0.15) is 25.7 Å². The normalized spacial score (nSPS) is 42.4. The van der Waals surface area contributed by atoms with E-state index in [1.165, 1.54) is 0 Å². The second-order valence-corrected chi connectivity index (χ2v) is 3.58. The van der Waals surface area contributed by atoms with Crippen LogP contribution in [0.4, 0.5) is 0 Å². The molecule has 1 saturated carbocycles. The Labute approximate surface area is 65.8 Å². The molecule has 11 heavy (non-hydrogen) atoms. The molecule has 0 amide bonds. The minimum atomic E-state index is -0.641. The fourth-order valence-corrected chi connectivity index (χ4v) is 2.53. The number of aliphatic carboxylic acids is 1. The third-order valence-corrected chi connectivity index (χ3v) is 3.14. The molecule has 2 N–H and O–H groups in total. The van der Waals surface area contributed by atoms with Crippen molar-refractivity contribution in [2.75, 3.05) is 6.54 Å². The maximum absolute atomic E-state index is 10.9. The Bertz CT molecular complexity index is 181. The average molecular weight is 155 g/mol. The zero-order chi connectivity index (χ0) is 7.90. The highest BCUT2D eigenvalue weighted by Crippen LogP contribution is 2.41. The van der Waals surface area contributed by atoms with Gasteiger partial charge in [-0.2, -0.15) is 0 Å². The fraction of sp³-hybridized carbons (Fsp3) is 0.875. The molecule has 1 aliphatic heterocycles. The van der Waals surface area contributed by atoms with E-state index < -0.39 is 11.5 Å². The lowest BCUT2D eigenvalue weighted by Crippen LogP contribution is -2.49. The van der Waals surface area contributed by atoms with Crippen LogP contribution in [0.25, 0.3) is 0 Å². The quantitative estimate of drug-likeness (QED) is 0.583. The van der Waals surface area contributed by atoms with Gasteiger partial charge in [0.05, 0.1) is 0 Å². The first kappa shape index (κ1) is 7.10. The molecule has 0 radical (unpaired) electrons. The Balaban J connectivity index is 2.26. The second-order valence-electron chi connectivity index (χ2n) is 3.58. The Kier molecular flexibility index (Phi) is 1.42. The summed E-state index contributed by atoms with van der Waals surface area (Å²) in [5.41, 5.74) is -0.528. The highest BCUT2D eigenvalue weighted by atomic mass is 16.4. The zero-order valence-corrected chi connectivity index (χ0v) is 6.47. The third kappa shape index (κ3) is 0.805. The second kappa shape index (κ2) is 2.21. The lowest BCUT2D eigenvalue weighted by atomic mass is 9.89. The van der Waals surface area contributed by atoms with Crippen molar-refractivity contribution in [2.24, 2.45) is 5.92 Å². The monoisotopic (exact) mass is 155 g/mol. The van der Waals surface area contributed by atoms with Gasteiger partial charge in [0.2, 0.25) is 0 Å². The maximum atomic E-state index is 10.9. The molecule has 0 spiro atoms. The van der Waals surface area contributed by atoms with Gasteiger partial charge < -0.3 is 10.4 Å². The van der Waals surface area contributed by atoms with Crippen molar-refractivity contribution in [3.63, 3.8) is 0 Å². The fourth-order valence-electron chi connectivity index (χ4n) is 2.53. The van der Waals surface area contributed by atoms with Crippen molar-refractivity contribution in [2.45, 2.75) is 31.2 Å². The molecule has 0 aromatic heterocycles. The molecule has 2 fully saturated rings. The van der Waals surface area contributed by atoms with Crippen LogP contribution in [0.5, 0.6) is 0 Å². The molecule has 2 aliphatic rings. The van der Waals surface area contributed by atoms with Crippen LogP contribution in [0.2, 0.25) is 0 Å². The van der Waals surface area contributed by atoms with E-state index in [-0.39, 0.29) is 0 Å². The molecule has 0 aromatic carbocycles. The summed E-state index contributed by atoms with van der Waals surface area (Å²) in [5, 5.41) is 12.1. The summed E-state index contributed by atoms with van der Waals surface area (Å²) in [6.45, 7) is 0.886.